The van der Waals surface area contributed by atoms with E-state index in [1.807, 2.05) is 20.8 Å². The Bertz CT molecular complexity index is 815. The van der Waals surface area contributed by atoms with E-state index in [1.54, 1.807) is 25.3 Å². The molecule has 27 heavy (non-hydrogen) atoms. The average molecular weight is 424 g/mol. The van der Waals surface area contributed by atoms with Crippen molar-refractivity contribution in [3.63, 3.8) is 0 Å². The quantitative estimate of drug-likeness (QED) is 0.529. The van der Waals surface area contributed by atoms with Gasteiger partial charge >= 0.3 is 0 Å². The second-order valence-electron chi connectivity index (χ2n) is 8.72. The molecule has 0 aliphatic rings. The first-order valence-corrected chi connectivity index (χ1v) is 10.0. The first-order valence-electron chi connectivity index (χ1n) is 8.51. The molecule has 0 saturated heterocycles. The molecular weight excluding hydrogens is 399 g/mol. The molecule has 2 heterocycles. The maximum atomic E-state index is 14.0. The summed E-state index contributed by atoms with van der Waals surface area (Å²) in [5, 5.41) is -0.0907. The second-order valence-corrected chi connectivity index (χ2v) is 11.1. The van der Waals surface area contributed by atoms with E-state index in [1.165, 1.54) is 6.20 Å². The smallest absolute Gasteiger partial charge is 0.262 e. The van der Waals surface area contributed by atoms with E-state index in [2.05, 4.69) is 9.71 Å². The Kier molecular flexibility index (Phi) is 6.46. The number of rotatable bonds is 5. The Balaban J connectivity index is 2.62. The van der Waals surface area contributed by atoms with E-state index in [-0.39, 0.29) is 21.5 Å². The molecule has 9 heteroatoms. The van der Waals surface area contributed by atoms with Gasteiger partial charge in [0, 0.05) is 35.1 Å². The second kappa shape index (κ2) is 7.81. The van der Waals surface area contributed by atoms with Crippen molar-refractivity contribution in [2.24, 2.45) is 5.41 Å². The fourth-order valence-electron chi connectivity index (χ4n) is 2.61. The summed E-state index contributed by atoms with van der Waals surface area (Å²) < 4.78 is 57.6. The summed E-state index contributed by atoms with van der Waals surface area (Å²) in [7, 11) is 0. The lowest BCUT2D eigenvalue weighted by atomic mass is 9.97. The van der Waals surface area contributed by atoms with E-state index < -0.39 is 34.4 Å². The summed E-state index contributed by atoms with van der Waals surface area (Å²) in [6.45, 7) is 11.5. The highest BCUT2D eigenvalue weighted by atomic mass is 35.5. The number of nitrogens with one attached hydrogen (secondary N) is 1. The summed E-state index contributed by atoms with van der Waals surface area (Å²) in [4.78, 5) is 4.05. The van der Waals surface area contributed by atoms with Gasteiger partial charge in [0.15, 0.2) is 11.0 Å². The van der Waals surface area contributed by atoms with Gasteiger partial charge in [-0.3, -0.25) is 0 Å². The van der Waals surface area contributed by atoms with Crippen LogP contribution in [0, 0.1) is 11.2 Å². The SMILES string of the molecule is CC(C)(C)Cn1cc([C@H](N[S@@+]([O-])C(C)(C)C)C(F)F)c2cc(F)c(Cl)nc21. The number of hydrogen-bond donors (Lipinski definition) is 1. The molecule has 0 spiro atoms. The molecule has 0 bridgehead atoms. The monoisotopic (exact) mass is 423 g/mol. The van der Waals surface area contributed by atoms with Crippen molar-refractivity contribution < 1.29 is 17.7 Å². The molecular formula is C18H25ClF3N3OS. The van der Waals surface area contributed by atoms with Gasteiger partial charge in [0.2, 0.25) is 0 Å². The molecule has 1 N–H and O–H groups in total. The highest BCUT2D eigenvalue weighted by molar-refractivity contribution is 7.90. The highest BCUT2D eigenvalue weighted by Gasteiger charge is 2.36. The average Bonchev–Trinajstić information content (AvgIpc) is 2.79. The molecule has 2 aromatic heterocycles. The van der Waals surface area contributed by atoms with Crippen LogP contribution in [-0.4, -0.2) is 25.3 Å². The van der Waals surface area contributed by atoms with Crippen LogP contribution in [0.3, 0.4) is 0 Å². The fraction of sp³-hybridized carbons (Fsp3) is 0.611. The minimum atomic E-state index is -2.84. The van der Waals surface area contributed by atoms with Crippen LogP contribution in [0.4, 0.5) is 13.2 Å². The van der Waals surface area contributed by atoms with Crippen molar-refractivity contribution in [3.8, 4) is 0 Å². The van der Waals surface area contributed by atoms with Crippen LogP contribution in [0.2, 0.25) is 5.15 Å². The van der Waals surface area contributed by atoms with E-state index in [0.717, 1.165) is 6.07 Å². The van der Waals surface area contributed by atoms with Crippen molar-refractivity contribution in [2.75, 3.05) is 0 Å². The third-order valence-electron chi connectivity index (χ3n) is 3.81. The number of pyridine rings is 1. The number of alkyl halides is 2. The number of nitrogens with zero attached hydrogens (tertiary/aromatic N) is 2. The van der Waals surface area contributed by atoms with Crippen molar-refractivity contribution in [3.05, 3.63) is 28.8 Å². The molecule has 0 aromatic carbocycles. The number of fused-ring (bicyclic) bond motifs is 1. The van der Waals surface area contributed by atoms with Crippen LogP contribution in [0.15, 0.2) is 12.3 Å². The number of hydrogen-bond acceptors (Lipinski definition) is 3. The maximum Gasteiger partial charge on any atom is 0.262 e. The van der Waals surface area contributed by atoms with Gasteiger partial charge in [-0.05, 0) is 32.3 Å². The molecule has 2 aromatic rings. The first kappa shape index (κ1) is 22.3. The Hall–Kier alpha value is -0.960. The van der Waals surface area contributed by atoms with Gasteiger partial charge in [-0.2, -0.15) is 0 Å². The molecule has 0 aliphatic carbocycles. The molecule has 0 unspecified atom stereocenters. The van der Waals surface area contributed by atoms with E-state index in [4.69, 9.17) is 11.6 Å². The molecule has 2 atom stereocenters. The zero-order chi connectivity index (χ0) is 20.7. The molecule has 0 aliphatic heterocycles. The van der Waals surface area contributed by atoms with Crippen molar-refractivity contribution in [2.45, 2.75) is 65.3 Å². The van der Waals surface area contributed by atoms with Gasteiger partial charge in [0.25, 0.3) is 6.43 Å². The van der Waals surface area contributed by atoms with Crippen LogP contribution in [0.25, 0.3) is 11.0 Å². The van der Waals surface area contributed by atoms with Crippen molar-refractivity contribution in [1.82, 2.24) is 14.3 Å². The van der Waals surface area contributed by atoms with Crippen LogP contribution < -0.4 is 4.72 Å². The van der Waals surface area contributed by atoms with E-state index in [0.29, 0.717) is 12.2 Å². The lowest BCUT2D eigenvalue weighted by Gasteiger charge is -2.27. The first-order chi connectivity index (χ1) is 12.2. The van der Waals surface area contributed by atoms with Gasteiger partial charge in [0.05, 0.1) is 0 Å². The molecule has 0 fully saturated rings. The third-order valence-corrected chi connectivity index (χ3v) is 5.66. The Labute approximate surface area is 165 Å². The normalized spacial score (nSPS) is 15.6. The number of aromatic nitrogens is 2. The Morgan fingerprint density at radius 3 is 2.33 bits per heavy atom. The van der Waals surface area contributed by atoms with Crippen molar-refractivity contribution in [1.29, 1.82) is 0 Å². The maximum absolute atomic E-state index is 14.0. The number of halogens is 4. The minimum Gasteiger partial charge on any atom is -0.598 e. The third kappa shape index (κ3) is 5.31. The van der Waals surface area contributed by atoms with Gasteiger partial charge in [-0.15, -0.1) is 4.72 Å². The lowest BCUT2D eigenvalue weighted by molar-refractivity contribution is 0.109. The Morgan fingerprint density at radius 2 is 1.85 bits per heavy atom. The van der Waals surface area contributed by atoms with Crippen molar-refractivity contribution >= 4 is 34.0 Å². The van der Waals surface area contributed by atoms with Crippen LogP contribution >= 0.6 is 11.6 Å². The zero-order valence-electron chi connectivity index (χ0n) is 16.2. The standard InChI is InChI=1S/C18H25ClF3N3OS/c1-17(2,3)9-25-8-11(10-7-12(20)14(19)23-16(10)25)13(15(21)22)24-27(26)18(4,5)6/h7-8,13,15,24H,9H2,1-6H3/t13-,27-/m0/s1. The molecule has 4 nitrogen and oxygen atoms in total. The molecule has 0 amide bonds. The van der Waals surface area contributed by atoms with E-state index >= 15 is 0 Å². The van der Waals surface area contributed by atoms with Crippen LogP contribution in [-0.2, 0) is 17.9 Å². The Morgan fingerprint density at radius 1 is 1.26 bits per heavy atom. The van der Waals surface area contributed by atoms with E-state index in [9.17, 15) is 17.7 Å². The summed E-state index contributed by atoms with van der Waals surface area (Å²) in [6.07, 6.45) is -1.33. The highest BCUT2D eigenvalue weighted by Crippen LogP contribution is 2.34. The molecule has 0 saturated carbocycles. The molecule has 0 radical (unpaired) electrons. The molecule has 2 rings (SSSR count). The summed E-state index contributed by atoms with van der Waals surface area (Å²) in [6, 6.07) is -0.424. The molecule has 152 valence electrons. The van der Waals surface area contributed by atoms with Gasteiger partial charge in [-0.1, -0.05) is 32.4 Å². The van der Waals surface area contributed by atoms with Gasteiger partial charge in [-0.25, -0.2) is 18.2 Å². The summed E-state index contributed by atoms with van der Waals surface area (Å²) >= 11 is 4.08. The predicted molar refractivity (Wildman–Crippen MR) is 104 cm³/mol. The zero-order valence-corrected chi connectivity index (χ0v) is 17.8. The van der Waals surface area contributed by atoms with Crippen LogP contribution in [0.1, 0.15) is 53.1 Å². The van der Waals surface area contributed by atoms with Gasteiger partial charge in [0.1, 0.15) is 16.4 Å². The largest absolute Gasteiger partial charge is 0.598 e. The minimum absolute atomic E-state index is 0.143. The lowest BCUT2D eigenvalue weighted by Crippen LogP contribution is -2.43. The van der Waals surface area contributed by atoms with Crippen LogP contribution in [0.5, 0.6) is 0 Å². The fourth-order valence-corrected chi connectivity index (χ4v) is 3.56. The van der Waals surface area contributed by atoms with Gasteiger partial charge < -0.3 is 9.12 Å². The predicted octanol–water partition coefficient (Wildman–Crippen LogP) is 5.23. The summed E-state index contributed by atoms with van der Waals surface area (Å²) in [5.74, 6) is -0.788. The topological polar surface area (TPSA) is 52.9 Å². The summed E-state index contributed by atoms with van der Waals surface area (Å²) in [5.41, 5.74) is 0.290.